The maximum Gasteiger partial charge on any atom is 0.339 e. The number of para-hydroxylation sites is 1. The molecule has 6 heteroatoms. The van der Waals surface area contributed by atoms with Gasteiger partial charge in [-0.1, -0.05) is 30.3 Å². The van der Waals surface area contributed by atoms with E-state index in [2.05, 4.69) is 39.5 Å². The Morgan fingerprint density at radius 2 is 1.86 bits per heavy atom. The van der Waals surface area contributed by atoms with Gasteiger partial charge in [-0.05, 0) is 74.2 Å². The molecule has 6 nitrogen and oxygen atoms in total. The summed E-state index contributed by atoms with van der Waals surface area (Å²) >= 11 is 0. The topological polar surface area (TPSA) is 67.6 Å². The molecule has 0 radical (unpaired) electrons. The van der Waals surface area contributed by atoms with Crippen LogP contribution in [0.3, 0.4) is 0 Å². The van der Waals surface area contributed by atoms with Crippen LogP contribution in [0.1, 0.15) is 19.3 Å². The fourth-order valence-electron chi connectivity index (χ4n) is 4.67. The van der Waals surface area contributed by atoms with Gasteiger partial charge in [0.05, 0.1) is 18.1 Å². The van der Waals surface area contributed by atoms with Crippen LogP contribution in [-0.2, 0) is 0 Å². The van der Waals surface area contributed by atoms with Gasteiger partial charge in [-0.15, -0.1) is 0 Å². The molecule has 2 aromatic carbocycles. The minimum atomic E-state index is -0.401. The van der Waals surface area contributed by atoms with Crippen LogP contribution >= 0.6 is 0 Å². The molecule has 1 aliphatic rings. The summed E-state index contributed by atoms with van der Waals surface area (Å²) in [5.41, 5.74) is 3.25. The number of ether oxygens (including phenoxy) is 1. The van der Waals surface area contributed by atoms with Gasteiger partial charge in [0.25, 0.3) is 0 Å². The number of fused-ring (bicyclic) bond motifs is 1. The van der Waals surface area contributed by atoms with Gasteiger partial charge in [-0.25, -0.2) is 4.79 Å². The number of piperidine rings is 1. The Balaban J connectivity index is 1.10. The molecule has 2 aromatic heterocycles. The van der Waals surface area contributed by atoms with Crippen molar-refractivity contribution in [1.82, 2.24) is 9.88 Å². The Kier molecular flexibility index (Phi) is 7.39. The van der Waals surface area contributed by atoms with E-state index >= 15 is 0 Å². The zero-order valence-electron chi connectivity index (χ0n) is 19.9. The normalized spacial score (nSPS) is 14.7. The quantitative estimate of drug-likeness (QED) is 0.260. The lowest BCUT2D eigenvalue weighted by molar-refractivity contribution is 0.175. The van der Waals surface area contributed by atoms with Gasteiger partial charge in [0.2, 0.25) is 0 Å². The van der Waals surface area contributed by atoms with Gasteiger partial charge in [0.15, 0.2) is 0 Å². The predicted octanol–water partition coefficient (Wildman–Crippen LogP) is 5.45. The Morgan fingerprint density at radius 3 is 2.66 bits per heavy atom. The van der Waals surface area contributed by atoms with E-state index in [1.54, 1.807) is 12.4 Å². The molecular weight excluding hydrogens is 438 g/mol. The lowest BCUT2D eigenvalue weighted by Gasteiger charge is -2.32. The van der Waals surface area contributed by atoms with E-state index in [-0.39, 0.29) is 0 Å². The van der Waals surface area contributed by atoms with E-state index in [1.165, 1.54) is 24.6 Å². The number of likely N-dealkylation sites (tertiary alicyclic amines) is 1. The van der Waals surface area contributed by atoms with E-state index in [0.29, 0.717) is 23.9 Å². The van der Waals surface area contributed by atoms with Gasteiger partial charge in [-0.2, -0.15) is 0 Å². The number of benzene rings is 2. The highest BCUT2D eigenvalue weighted by atomic mass is 16.5. The van der Waals surface area contributed by atoms with Crippen LogP contribution in [0.2, 0.25) is 0 Å². The fourth-order valence-corrected chi connectivity index (χ4v) is 4.67. The van der Waals surface area contributed by atoms with Gasteiger partial charge < -0.3 is 19.4 Å². The third-order valence-corrected chi connectivity index (χ3v) is 6.65. The van der Waals surface area contributed by atoms with Crippen molar-refractivity contribution in [2.75, 3.05) is 38.1 Å². The van der Waals surface area contributed by atoms with E-state index < -0.39 is 5.63 Å². The first-order valence-electron chi connectivity index (χ1n) is 12.4. The summed E-state index contributed by atoms with van der Waals surface area (Å²) in [6.07, 6.45) is 6.88. The average Bonchev–Trinajstić information content (AvgIpc) is 2.91. The molecule has 0 aliphatic carbocycles. The molecule has 1 aliphatic heterocycles. The summed E-state index contributed by atoms with van der Waals surface area (Å²) in [4.78, 5) is 18.8. The maximum atomic E-state index is 12.1. The van der Waals surface area contributed by atoms with Crippen molar-refractivity contribution in [2.45, 2.75) is 19.3 Å². The van der Waals surface area contributed by atoms with E-state index in [9.17, 15) is 4.79 Å². The molecule has 0 atom stereocenters. The standard InChI is InChI=1S/C29H31N3O3/c33-29-19-27(26-10-9-23(18-28(26)35-29)24-6-4-13-30-21-24)34-17-5-14-32-15-11-22(12-16-32)20-31-25-7-2-1-3-8-25/h1-4,6-10,13,18-19,21-22,31H,5,11-12,14-17,20H2. The summed E-state index contributed by atoms with van der Waals surface area (Å²) in [5, 5.41) is 4.37. The van der Waals surface area contributed by atoms with Crippen molar-refractivity contribution in [3.63, 3.8) is 0 Å². The van der Waals surface area contributed by atoms with E-state index in [1.807, 2.05) is 36.4 Å². The van der Waals surface area contributed by atoms with Crippen molar-refractivity contribution >= 4 is 16.7 Å². The molecule has 0 spiro atoms. The zero-order valence-corrected chi connectivity index (χ0v) is 19.9. The number of hydrogen-bond donors (Lipinski definition) is 1. The van der Waals surface area contributed by atoms with Gasteiger partial charge >= 0.3 is 5.63 Å². The number of rotatable bonds is 9. The third-order valence-electron chi connectivity index (χ3n) is 6.65. The molecule has 5 rings (SSSR count). The maximum absolute atomic E-state index is 12.1. The van der Waals surface area contributed by atoms with Crippen LogP contribution in [-0.4, -0.2) is 42.7 Å². The molecule has 0 unspecified atom stereocenters. The minimum Gasteiger partial charge on any atom is -0.492 e. The van der Waals surface area contributed by atoms with Crippen molar-refractivity contribution in [1.29, 1.82) is 0 Å². The second-order valence-corrected chi connectivity index (χ2v) is 9.12. The molecule has 0 saturated carbocycles. The van der Waals surface area contributed by atoms with Gasteiger partial charge in [-0.3, -0.25) is 4.98 Å². The molecule has 0 amide bonds. The number of hydrogen-bond acceptors (Lipinski definition) is 6. The van der Waals surface area contributed by atoms with Gasteiger partial charge in [0.1, 0.15) is 11.3 Å². The first-order valence-corrected chi connectivity index (χ1v) is 12.4. The van der Waals surface area contributed by atoms with Gasteiger partial charge in [0, 0.05) is 36.7 Å². The molecule has 4 aromatic rings. The number of anilines is 1. The highest BCUT2D eigenvalue weighted by Gasteiger charge is 2.18. The summed E-state index contributed by atoms with van der Waals surface area (Å²) in [6, 6.07) is 21.6. The van der Waals surface area contributed by atoms with Crippen molar-refractivity contribution < 1.29 is 9.15 Å². The lowest BCUT2D eigenvalue weighted by atomic mass is 9.96. The smallest absolute Gasteiger partial charge is 0.339 e. The number of aromatic nitrogens is 1. The zero-order chi connectivity index (χ0) is 23.9. The Labute approximate surface area is 205 Å². The molecule has 1 N–H and O–H groups in total. The number of pyridine rings is 1. The largest absolute Gasteiger partial charge is 0.492 e. The van der Waals surface area contributed by atoms with Crippen LogP contribution in [0.15, 0.2) is 88.3 Å². The highest BCUT2D eigenvalue weighted by Crippen LogP contribution is 2.29. The summed E-state index contributed by atoms with van der Waals surface area (Å²) in [7, 11) is 0. The highest BCUT2D eigenvalue weighted by molar-refractivity contribution is 5.87. The lowest BCUT2D eigenvalue weighted by Crippen LogP contribution is -2.36. The van der Waals surface area contributed by atoms with Crippen LogP contribution in [0.4, 0.5) is 5.69 Å². The first-order chi connectivity index (χ1) is 17.2. The Hall–Kier alpha value is -3.64. The molecule has 1 fully saturated rings. The summed E-state index contributed by atoms with van der Waals surface area (Å²) in [5.74, 6) is 1.30. The second kappa shape index (κ2) is 11.2. The fraction of sp³-hybridized carbons (Fsp3) is 0.310. The van der Waals surface area contributed by atoms with Crippen LogP contribution in [0.5, 0.6) is 5.75 Å². The van der Waals surface area contributed by atoms with E-state index in [0.717, 1.165) is 49.1 Å². The van der Waals surface area contributed by atoms with Crippen LogP contribution in [0.25, 0.3) is 22.1 Å². The molecule has 35 heavy (non-hydrogen) atoms. The SMILES string of the molecule is O=c1cc(OCCCN2CCC(CNc3ccccc3)CC2)c2ccc(-c3cccnc3)cc2o1. The summed E-state index contributed by atoms with van der Waals surface area (Å²) < 4.78 is 11.5. The van der Waals surface area contributed by atoms with E-state index in [4.69, 9.17) is 9.15 Å². The first kappa shape index (κ1) is 23.1. The third kappa shape index (κ3) is 6.08. The molecular formula is C29H31N3O3. The second-order valence-electron chi connectivity index (χ2n) is 9.12. The Bertz CT molecular complexity index is 1280. The van der Waals surface area contributed by atoms with Crippen molar-refractivity contribution in [3.05, 3.63) is 89.5 Å². The molecule has 1 saturated heterocycles. The van der Waals surface area contributed by atoms with Crippen molar-refractivity contribution in [2.24, 2.45) is 5.92 Å². The predicted molar refractivity (Wildman–Crippen MR) is 140 cm³/mol. The molecule has 180 valence electrons. The number of nitrogens with zero attached hydrogens (tertiary/aromatic N) is 2. The van der Waals surface area contributed by atoms with Crippen LogP contribution < -0.4 is 15.7 Å². The molecule has 0 bridgehead atoms. The monoisotopic (exact) mass is 469 g/mol. The average molecular weight is 470 g/mol. The minimum absolute atomic E-state index is 0.401. The Morgan fingerprint density at radius 1 is 1.00 bits per heavy atom. The molecule has 3 heterocycles. The van der Waals surface area contributed by atoms with Crippen LogP contribution in [0, 0.1) is 5.92 Å². The summed E-state index contributed by atoms with van der Waals surface area (Å²) in [6.45, 7) is 4.85. The number of nitrogens with one attached hydrogen (secondary N) is 1. The van der Waals surface area contributed by atoms with Crippen molar-refractivity contribution in [3.8, 4) is 16.9 Å².